The lowest BCUT2D eigenvalue weighted by Gasteiger charge is -2.33. The molecule has 0 radical (unpaired) electrons. The van der Waals surface area contributed by atoms with Gasteiger partial charge in [-0.25, -0.2) is 0 Å². The minimum absolute atomic E-state index is 0.0817. The SMILES string of the molecule is O=C(CN1C(=O)c2ccccc2C1=O)N1C[C@H]2COCC[C@@]2(C(=O)O)C1. The number of fused-ring (bicyclic) bond motifs is 2. The highest BCUT2D eigenvalue weighted by Crippen LogP contribution is 2.42. The summed E-state index contributed by atoms with van der Waals surface area (Å²) >= 11 is 0. The van der Waals surface area contributed by atoms with Crippen molar-refractivity contribution in [2.45, 2.75) is 6.42 Å². The molecule has 0 unspecified atom stereocenters. The molecule has 8 nitrogen and oxygen atoms in total. The highest BCUT2D eigenvalue weighted by Gasteiger charge is 2.55. The van der Waals surface area contributed by atoms with Crippen molar-refractivity contribution in [3.05, 3.63) is 35.4 Å². The molecule has 3 aliphatic rings. The second-order valence-corrected chi connectivity index (χ2v) is 7.00. The zero-order valence-electron chi connectivity index (χ0n) is 14.0. The van der Waals surface area contributed by atoms with E-state index >= 15 is 0 Å². The summed E-state index contributed by atoms with van der Waals surface area (Å²) in [6.07, 6.45) is 0.351. The van der Waals surface area contributed by atoms with E-state index in [-0.39, 0.29) is 36.7 Å². The van der Waals surface area contributed by atoms with Crippen molar-refractivity contribution in [2.24, 2.45) is 11.3 Å². The lowest BCUT2D eigenvalue weighted by molar-refractivity contribution is -0.157. The Balaban J connectivity index is 1.51. The Kier molecular flexibility index (Phi) is 3.80. The Morgan fingerprint density at radius 1 is 1.19 bits per heavy atom. The van der Waals surface area contributed by atoms with E-state index < -0.39 is 29.1 Å². The summed E-state index contributed by atoms with van der Waals surface area (Å²) in [6.45, 7) is 0.606. The molecule has 136 valence electrons. The number of hydrogen-bond donors (Lipinski definition) is 1. The average molecular weight is 358 g/mol. The summed E-state index contributed by atoms with van der Waals surface area (Å²) in [5, 5.41) is 9.67. The van der Waals surface area contributed by atoms with Crippen LogP contribution in [0.4, 0.5) is 0 Å². The predicted octanol–water partition coefficient (Wildman–Crippen LogP) is 0.232. The van der Waals surface area contributed by atoms with Gasteiger partial charge in [0.05, 0.1) is 23.1 Å². The lowest BCUT2D eigenvalue weighted by Crippen LogP contribution is -2.46. The van der Waals surface area contributed by atoms with E-state index in [2.05, 4.69) is 0 Å². The number of carbonyl (C=O) groups is 4. The Morgan fingerprint density at radius 2 is 1.85 bits per heavy atom. The molecule has 3 aliphatic heterocycles. The average Bonchev–Trinajstić information content (AvgIpc) is 3.15. The van der Waals surface area contributed by atoms with Crippen molar-refractivity contribution in [1.82, 2.24) is 9.80 Å². The molecule has 1 aromatic carbocycles. The normalized spacial score (nSPS) is 27.5. The van der Waals surface area contributed by atoms with Gasteiger partial charge in [-0.15, -0.1) is 0 Å². The van der Waals surface area contributed by atoms with Crippen LogP contribution in [0.1, 0.15) is 27.1 Å². The number of benzene rings is 1. The van der Waals surface area contributed by atoms with Crippen molar-refractivity contribution in [3.63, 3.8) is 0 Å². The van der Waals surface area contributed by atoms with Gasteiger partial charge in [-0.2, -0.15) is 0 Å². The van der Waals surface area contributed by atoms with Crippen LogP contribution in [0.15, 0.2) is 24.3 Å². The molecule has 0 aromatic heterocycles. The van der Waals surface area contributed by atoms with Crippen LogP contribution in [0.5, 0.6) is 0 Å². The number of carbonyl (C=O) groups excluding carboxylic acids is 3. The van der Waals surface area contributed by atoms with Gasteiger partial charge in [-0.05, 0) is 18.6 Å². The van der Waals surface area contributed by atoms with E-state index in [9.17, 15) is 24.3 Å². The van der Waals surface area contributed by atoms with E-state index in [4.69, 9.17) is 4.74 Å². The van der Waals surface area contributed by atoms with Crippen LogP contribution >= 0.6 is 0 Å². The van der Waals surface area contributed by atoms with Gasteiger partial charge in [0, 0.05) is 25.6 Å². The minimum atomic E-state index is -1.00. The largest absolute Gasteiger partial charge is 0.481 e. The maximum absolute atomic E-state index is 12.7. The minimum Gasteiger partial charge on any atom is -0.481 e. The van der Waals surface area contributed by atoms with Gasteiger partial charge in [0.15, 0.2) is 0 Å². The number of aliphatic carboxylic acids is 1. The van der Waals surface area contributed by atoms with Crippen molar-refractivity contribution >= 4 is 23.7 Å². The van der Waals surface area contributed by atoms with E-state index in [1.54, 1.807) is 24.3 Å². The van der Waals surface area contributed by atoms with Gasteiger partial charge in [-0.1, -0.05) is 12.1 Å². The van der Waals surface area contributed by atoms with Gasteiger partial charge in [0.1, 0.15) is 6.54 Å². The van der Waals surface area contributed by atoms with Crippen LogP contribution in [0.3, 0.4) is 0 Å². The van der Waals surface area contributed by atoms with Gasteiger partial charge >= 0.3 is 5.97 Å². The molecule has 0 spiro atoms. The van der Waals surface area contributed by atoms with Crippen molar-refractivity contribution in [3.8, 4) is 0 Å². The molecule has 3 amide bonds. The first kappa shape index (κ1) is 16.7. The molecule has 2 atom stereocenters. The maximum atomic E-state index is 12.7. The predicted molar refractivity (Wildman–Crippen MR) is 87.4 cm³/mol. The van der Waals surface area contributed by atoms with Gasteiger partial charge < -0.3 is 14.7 Å². The maximum Gasteiger partial charge on any atom is 0.311 e. The summed E-state index contributed by atoms with van der Waals surface area (Å²) in [4.78, 5) is 51.7. The molecule has 2 saturated heterocycles. The summed E-state index contributed by atoms with van der Waals surface area (Å²) < 4.78 is 5.38. The van der Waals surface area contributed by atoms with Crippen molar-refractivity contribution < 1.29 is 29.0 Å². The molecule has 4 rings (SSSR count). The fourth-order valence-corrected chi connectivity index (χ4v) is 4.11. The highest BCUT2D eigenvalue weighted by molar-refractivity contribution is 6.22. The molecule has 8 heteroatoms. The number of amides is 3. The number of imide groups is 1. The number of nitrogens with zero attached hydrogens (tertiary/aromatic N) is 2. The first-order valence-corrected chi connectivity index (χ1v) is 8.48. The molecule has 1 N–H and O–H groups in total. The third-order valence-electron chi connectivity index (χ3n) is 5.66. The third-order valence-corrected chi connectivity index (χ3v) is 5.66. The number of carboxylic acids is 1. The molecule has 26 heavy (non-hydrogen) atoms. The molecular formula is C18H18N2O6. The molecule has 1 aromatic rings. The standard InChI is InChI=1S/C18H18N2O6/c21-14(8-20-15(22)12-3-1-2-4-13(12)16(20)23)19-7-11-9-26-6-5-18(11,10-19)17(24)25/h1-4,11H,5-10H2,(H,24,25)/t11-,18+/m0/s1. The number of rotatable bonds is 3. The Hall–Kier alpha value is -2.74. The van der Waals surface area contributed by atoms with E-state index in [0.29, 0.717) is 19.6 Å². The Labute approximate surface area is 149 Å². The van der Waals surface area contributed by atoms with Gasteiger partial charge in [-0.3, -0.25) is 24.1 Å². The highest BCUT2D eigenvalue weighted by atomic mass is 16.5. The quantitative estimate of drug-likeness (QED) is 0.776. The molecule has 2 fully saturated rings. The van der Waals surface area contributed by atoms with Gasteiger partial charge in [0.25, 0.3) is 11.8 Å². The molecule has 3 heterocycles. The van der Waals surface area contributed by atoms with Crippen LogP contribution in [-0.4, -0.2) is 71.4 Å². The molecular weight excluding hydrogens is 340 g/mol. The zero-order chi connectivity index (χ0) is 18.5. The van der Waals surface area contributed by atoms with E-state index in [1.807, 2.05) is 0 Å². The fourth-order valence-electron chi connectivity index (χ4n) is 4.11. The van der Waals surface area contributed by atoms with E-state index in [0.717, 1.165) is 4.90 Å². The van der Waals surface area contributed by atoms with E-state index in [1.165, 1.54) is 4.90 Å². The summed E-state index contributed by atoms with van der Waals surface area (Å²) in [7, 11) is 0. The Bertz CT molecular complexity index is 787. The second-order valence-electron chi connectivity index (χ2n) is 7.00. The van der Waals surface area contributed by atoms with Crippen LogP contribution in [0.2, 0.25) is 0 Å². The van der Waals surface area contributed by atoms with Gasteiger partial charge in [0.2, 0.25) is 5.91 Å². The summed E-state index contributed by atoms with van der Waals surface area (Å²) in [5.41, 5.74) is -0.429. The molecule has 0 saturated carbocycles. The molecule has 0 bridgehead atoms. The van der Waals surface area contributed by atoms with Crippen molar-refractivity contribution in [2.75, 3.05) is 32.8 Å². The van der Waals surface area contributed by atoms with Crippen molar-refractivity contribution in [1.29, 1.82) is 0 Å². The van der Waals surface area contributed by atoms with Crippen LogP contribution in [0.25, 0.3) is 0 Å². The fraction of sp³-hybridized carbons (Fsp3) is 0.444. The first-order chi connectivity index (χ1) is 12.4. The molecule has 0 aliphatic carbocycles. The summed E-state index contributed by atoms with van der Waals surface area (Å²) in [6, 6.07) is 6.44. The second kappa shape index (κ2) is 5.91. The van der Waals surface area contributed by atoms with Crippen LogP contribution in [-0.2, 0) is 14.3 Å². The monoisotopic (exact) mass is 358 g/mol. The van der Waals surface area contributed by atoms with Crippen LogP contribution in [0, 0.1) is 11.3 Å². The topological polar surface area (TPSA) is 104 Å². The third kappa shape index (κ3) is 2.33. The Morgan fingerprint density at radius 3 is 2.42 bits per heavy atom. The number of hydrogen-bond acceptors (Lipinski definition) is 5. The number of likely N-dealkylation sites (tertiary alicyclic amines) is 1. The summed E-state index contributed by atoms with van der Waals surface area (Å²) in [5.74, 6) is -2.62. The first-order valence-electron chi connectivity index (χ1n) is 8.48. The zero-order valence-corrected chi connectivity index (χ0v) is 14.0. The number of ether oxygens (including phenoxy) is 1. The lowest BCUT2D eigenvalue weighted by atomic mass is 9.74. The van der Waals surface area contributed by atoms with Crippen LogP contribution < -0.4 is 0 Å². The number of carboxylic acid groups (broad SMARTS) is 1. The smallest absolute Gasteiger partial charge is 0.311 e.